The highest BCUT2D eigenvalue weighted by Gasteiger charge is 2.13. The van der Waals surface area contributed by atoms with E-state index in [1.807, 2.05) is 19.2 Å². The number of benzene rings is 1. The maximum absolute atomic E-state index is 5.55. The zero-order chi connectivity index (χ0) is 14.4. The molecule has 0 radical (unpaired) electrons. The predicted molar refractivity (Wildman–Crippen MR) is 83.7 cm³/mol. The zero-order valence-corrected chi connectivity index (χ0v) is 12.6. The van der Waals surface area contributed by atoms with Gasteiger partial charge in [-0.15, -0.1) is 0 Å². The molecule has 2 aromatic rings. The first-order chi connectivity index (χ1) is 9.72. The Labute approximate surface area is 121 Å². The number of hydrogen-bond donors (Lipinski definition) is 1. The minimum absolute atomic E-state index is 0.369. The molecule has 2 rings (SSSR count). The van der Waals surface area contributed by atoms with Crippen molar-refractivity contribution in [1.82, 2.24) is 10.3 Å². The van der Waals surface area contributed by atoms with E-state index in [2.05, 4.69) is 48.4 Å². The summed E-state index contributed by atoms with van der Waals surface area (Å²) in [5.41, 5.74) is 2.33. The molecule has 0 fully saturated rings. The van der Waals surface area contributed by atoms with Crippen molar-refractivity contribution in [2.75, 3.05) is 13.2 Å². The molecule has 0 aliphatic carbocycles. The van der Waals surface area contributed by atoms with Gasteiger partial charge in [0.2, 0.25) is 0 Å². The summed E-state index contributed by atoms with van der Waals surface area (Å²) in [5, 5.41) is 4.79. The molecule has 0 aliphatic heterocycles. The lowest BCUT2D eigenvalue weighted by Crippen LogP contribution is -2.37. The van der Waals surface area contributed by atoms with Crippen molar-refractivity contribution in [1.29, 1.82) is 0 Å². The Morgan fingerprint density at radius 3 is 2.75 bits per heavy atom. The Balaban J connectivity index is 2.07. The minimum atomic E-state index is 0.369. The van der Waals surface area contributed by atoms with E-state index in [1.54, 1.807) is 0 Å². The Bertz CT molecular complexity index is 534. The fourth-order valence-corrected chi connectivity index (χ4v) is 2.28. The molecule has 1 heterocycles. The van der Waals surface area contributed by atoms with Gasteiger partial charge in [0.05, 0.1) is 12.1 Å². The molecule has 0 bridgehead atoms. The number of rotatable bonds is 7. The van der Waals surface area contributed by atoms with Crippen molar-refractivity contribution in [3.05, 3.63) is 42.1 Å². The smallest absolute Gasteiger partial charge is 0.0746 e. The summed E-state index contributed by atoms with van der Waals surface area (Å²) in [7, 11) is 0. The Morgan fingerprint density at radius 2 is 2.00 bits per heavy atom. The molecule has 0 amide bonds. The van der Waals surface area contributed by atoms with Crippen LogP contribution in [0.3, 0.4) is 0 Å². The van der Waals surface area contributed by atoms with E-state index in [-0.39, 0.29) is 0 Å². The number of ether oxygens (including phenoxy) is 1. The van der Waals surface area contributed by atoms with Gasteiger partial charge in [-0.1, -0.05) is 38.1 Å². The van der Waals surface area contributed by atoms with Crippen LogP contribution < -0.4 is 5.32 Å². The molecule has 108 valence electrons. The summed E-state index contributed by atoms with van der Waals surface area (Å²) in [5.74, 6) is 0.546. The van der Waals surface area contributed by atoms with Crippen LogP contribution in [0.5, 0.6) is 0 Å². The molecule has 0 spiro atoms. The van der Waals surface area contributed by atoms with Gasteiger partial charge in [0.1, 0.15) is 0 Å². The second-order valence-corrected chi connectivity index (χ2v) is 5.38. The van der Waals surface area contributed by atoms with Gasteiger partial charge in [-0.3, -0.25) is 4.98 Å². The third-order valence-electron chi connectivity index (χ3n) is 3.58. The van der Waals surface area contributed by atoms with Crippen molar-refractivity contribution in [2.45, 2.75) is 33.4 Å². The van der Waals surface area contributed by atoms with E-state index in [1.165, 1.54) is 10.9 Å². The molecule has 3 heteroatoms. The highest BCUT2D eigenvalue weighted by Crippen LogP contribution is 2.16. The lowest BCUT2D eigenvalue weighted by Gasteiger charge is -2.22. The van der Waals surface area contributed by atoms with Crippen molar-refractivity contribution in [3.63, 3.8) is 0 Å². The normalized spacial score (nSPS) is 13.0. The fraction of sp³-hybridized carbons (Fsp3) is 0.471. The second kappa shape index (κ2) is 7.36. The molecular formula is C17H24N2O. The summed E-state index contributed by atoms with van der Waals surface area (Å²) in [6.07, 6.45) is 1.85. The Morgan fingerprint density at radius 1 is 1.20 bits per heavy atom. The number of para-hydroxylation sites is 1. The van der Waals surface area contributed by atoms with Crippen molar-refractivity contribution < 1.29 is 4.74 Å². The van der Waals surface area contributed by atoms with Crippen molar-refractivity contribution in [2.24, 2.45) is 5.92 Å². The van der Waals surface area contributed by atoms with Crippen molar-refractivity contribution >= 4 is 10.9 Å². The van der Waals surface area contributed by atoms with E-state index in [0.29, 0.717) is 12.0 Å². The van der Waals surface area contributed by atoms with Gasteiger partial charge >= 0.3 is 0 Å². The maximum atomic E-state index is 5.55. The molecule has 0 aliphatic rings. The van der Waals surface area contributed by atoms with Crippen molar-refractivity contribution in [3.8, 4) is 0 Å². The van der Waals surface area contributed by atoms with E-state index in [0.717, 1.165) is 25.3 Å². The number of hydrogen-bond acceptors (Lipinski definition) is 3. The summed E-state index contributed by atoms with van der Waals surface area (Å²) in [6.45, 7) is 8.82. The fourth-order valence-electron chi connectivity index (χ4n) is 2.28. The molecular weight excluding hydrogens is 248 g/mol. The molecule has 3 nitrogen and oxygen atoms in total. The molecule has 1 atom stereocenters. The van der Waals surface area contributed by atoms with Crippen LogP contribution in [-0.2, 0) is 11.3 Å². The minimum Gasteiger partial charge on any atom is -0.380 e. The topological polar surface area (TPSA) is 34.1 Å². The van der Waals surface area contributed by atoms with Crippen LogP contribution in [0.15, 0.2) is 36.5 Å². The zero-order valence-electron chi connectivity index (χ0n) is 12.6. The first-order valence-corrected chi connectivity index (χ1v) is 7.36. The van der Waals surface area contributed by atoms with Gasteiger partial charge in [-0.2, -0.15) is 0 Å². The maximum Gasteiger partial charge on any atom is 0.0746 e. The van der Waals surface area contributed by atoms with Crippen LogP contribution in [0, 0.1) is 5.92 Å². The van der Waals surface area contributed by atoms with Crippen LogP contribution in [0.1, 0.15) is 26.3 Å². The molecule has 0 saturated heterocycles. The summed E-state index contributed by atoms with van der Waals surface area (Å²) in [4.78, 5) is 4.49. The third-order valence-corrected chi connectivity index (χ3v) is 3.58. The van der Waals surface area contributed by atoms with E-state index >= 15 is 0 Å². The quantitative estimate of drug-likeness (QED) is 0.839. The van der Waals surface area contributed by atoms with Gasteiger partial charge in [-0.25, -0.2) is 0 Å². The average Bonchev–Trinajstić information content (AvgIpc) is 2.47. The van der Waals surface area contributed by atoms with E-state index in [4.69, 9.17) is 4.74 Å². The number of pyridine rings is 1. The van der Waals surface area contributed by atoms with E-state index < -0.39 is 0 Å². The molecule has 1 N–H and O–H groups in total. The molecule has 20 heavy (non-hydrogen) atoms. The summed E-state index contributed by atoms with van der Waals surface area (Å²) < 4.78 is 5.55. The second-order valence-electron chi connectivity index (χ2n) is 5.38. The number of aromatic nitrogens is 1. The SMILES string of the molecule is CCOCC(NCc1cccc2cccnc12)C(C)C. The number of nitrogens with one attached hydrogen (secondary N) is 1. The van der Waals surface area contributed by atoms with E-state index in [9.17, 15) is 0 Å². The highest BCUT2D eigenvalue weighted by atomic mass is 16.5. The predicted octanol–water partition coefficient (Wildman–Crippen LogP) is 3.39. The van der Waals surface area contributed by atoms with Crippen LogP contribution in [0.4, 0.5) is 0 Å². The van der Waals surface area contributed by atoms with Gasteiger partial charge in [0, 0.05) is 30.8 Å². The van der Waals surface area contributed by atoms with Gasteiger partial charge in [0.25, 0.3) is 0 Å². The van der Waals surface area contributed by atoms with Crippen LogP contribution in [0.25, 0.3) is 10.9 Å². The highest BCUT2D eigenvalue weighted by molar-refractivity contribution is 5.81. The van der Waals surface area contributed by atoms with Gasteiger partial charge in [-0.05, 0) is 24.5 Å². The Kier molecular flexibility index (Phi) is 5.50. The summed E-state index contributed by atoms with van der Waals surface area (Å²) >= 11 is 0. The molecule has 0 saturated carbocycles. The molecule has 1 unspecified atom stereocenters. The lowest BCUT2D eigenvalue weighted by molar-refractivity contribution is 0.108. The first-order valence-electron chi connectivity index (χ1n) is 7.36. The first kappa shape index (κ1) is 14.9. The Hall–Kier alpha value is -1.45. The van der Waals surface area contributed by atoms with Crippen LogP contribution in [0.2, 0.25) is 0 Å². The third kappa shape index (κ3) is 3.78. The lowest BCUT2D eigenvalue weighted by atomic mass is 10.0. The number of nitrogens with zero attached hydrogens (tertiary/aromatic N) is 1. The van der Waals surface area contributed by atoms with Gasteiger partial charge < -0.3 is 10.1 Å². The monoisotopic (exact) mass is 272 g/mol. The standard InChI is InChI=1S/C17H24N2O/c1-4-20-12-16(13(2)3)19-11-15-8-5-7-14-9-6-10-18-17(14)15/h5-10,13,16,19H,4,11-12H2,1-3H3. The van der Waals surface area contributed by atoms with Gasteiger partial charge in [0.15, 0.2) is 0 Å². The largest absolute Gasteiger partial charge is 0.380 e. The van der Waals surface area contributed by atoms with Crippen LogP contribution >= 0.6 is 0 Å². The molecule has 1 aromatic heterocycles. The van der Waals surface area contributed by atoms with Crippen LogP contribution in [-0.4, -0.2) is 24.2 Å². The summed E-state index contributed by atoms with van der Waals surface area (Å²) in [6, 6.07) is 10.8. The molecule has 1 aromatic carbocycles. The average molecular weight is 272 g/mol. The number of fused-ring (bicyclic) bond motifs is 1.